The standard InChI is InChI=1S/C77H138O6/c1-4-7-10-13-16-19-22-24-26-28-30-32-34-35-36-37-38-39-40-41-42-44-45-47-49-51-53-55-58-61-64-67-70-76(79)82-73-74(72-81-75(78)69-66-63-60-57-21-18-15-12-9-6-3)83-77(80)71-68-65-62-59-56-54-52-50-48-46-43-33-31-29-27-25-23-20-17-14-11-8-5-2/h8,11-12,15,17,20,25,27,31,33,46,48,74H,4-7,9-10,13-14,16,18-19,21-24,26,28-30,32,34-45,47,49-73H2,1-3H3/b11-8-,15-12-,20-17-,27-25-,33-31-,48-46-. The molecule has 482 valence electrons. The largest absolute Gasteiger partial charge is 0.462 e. The third kappa shape index (κ3) is 69.5. The minimum atomic E-state index is -0.785. The summed E-state index contributed by atoms with van der Waals surface area (Å²) in [5.41, 5.74) is 0. The Morgan fingerprint density at radius 1 is 0.253 bits per heavy atom. The van der Waals surface area contributed by atoms with Gasteiger partial charge in [0.05, 0.1) is 0 Å². The molecule has 0 fully saturated rings. The quantitative estimate of drug-likeness (QED) is 0.0261. The Morgan fingerprint density at radius 3 is 0.795 bits per heavy atom. The zero-order chi connectivity index (χ0) is 59.9. The lowest BCUT2D eigenvalue weighted by molar-refractivity contribution is -0.167. The molecule has 0 aliphatic rings. The number of allylic oxidation sites excluding steroid dienone is 12. The first-order chi connectivity index (χ1) is 41.0. The van der Waals surface area contributed by atoms with Crippen LogP contribution in [0.3, 0.4) is 0 Å². The summed E-state index contributed by atoms with van der Waals surface area (Å²) in [5, 5.41) is 0. The first-order valence-corrected chi connectivity index (χ1v) is 36.4. The minimum absolute atomic E-state index is 0.0796. The molecule has 6 heteroatoms. The average molecular weight is 1160 g/mol. The van der Waals surface area contributed by atoms with Crippen LogP contribution in [0.1, 0.15) is 380 Å². The van der Waals surface area contributed by atoms with Crippen molar-refractivity contribution in [1.29, 1.82) is 0 Å². The smallest absolute Gasteiger partial charge is 0.306 e. The van der Waals surface area contributed by atoms with E-state index < -0.39 is 6.10 Å². The Bertz CT molecular complexity index is 1520. The third-order valence-corrected chi connectivity index (χ3v) is 16.2. The number of hydrogen-bond donors (Lipinski definition) is 0. The fourth-order valence-corrected chi connectivity index (χ4v) is 10.8. The van der Waals surface area contributed by atoms with Gasteiger partial charge in [-0.15, -0.1) is 0 Å². The number of esters is 3. The average Bonchev–Trinajstić information content (AvgIpc) is 3.48. The van der Waals surface area contributed by atoms with E-state index in [-0.39, 0.29) is 31.1 Å². The second-order valence-electron chi connectivity index (χ2n) is 24.5. The van der Waals surface area contributed by atoms with E-state index >= 15 is 0 Å². The van der Waals surface area contributed by atoms with Gasteiger partial charge in [0.25, 0.3) is 0 Å². The highest BCUT2D eigenvalue weighted by Crippen LogP contribution is 2.19. The van der Waals surface area contributed by atoms with Crippen molar-refractivity contribution in [3.63, 3.8) is 0 Å². The summed E-state index contributed by atoms with van der Waals surface area (Å²) in [7, 11) is 0. The maximum atomic E-state index is 12.9. The predicted octanol–water partition coefficient (Wildman–Crippen LogP) is 25.2. The normalized spacial score (nSPS) is 12.5. The second-order valence-corrected chi connectivity index (χ2v) is 24.5. The van der Waals surface area contributed by atoms with Crippen LogP contribution >= 0.6 is 0 Å². The number of ether oxygens (including phenoxy) is 3. The van der Waals surface area contributed by atoms with Crippen LogP contribution in [0.4, 0.5) is 0 Å². The summed E-state index contributed by atoms with van der Waals surface area (Å²) >= 11 is 0. The van der Waals surface area contributed by atoms with Gasteiger partial charge < -0.3 is 14.2 Å². The summed E-state index contributed by atoms with van der Waals surface area (Å²) < 4.78 is 16.9. The molecule has 0 aromatic rings. The molecule has 0 aliphatic heterocycles. The molecular formula is C77H138O6. The van der Waals surface area contributed by atoms with Gasteiger partial charge in [0.1, 0.15) is 13.2 Å². The van der Waals surface area contributed by atoms with Gasteiger partial charge in [-0.25, -0.2) is 0 Å². The van der Waals surface area contributed by atoms with Crippen LogP contribution in [0.15, 0.2) is 72.9 Å². The molecule has 0 aliphatic carbocycles. The molecule has 0 spiro atoms. The first kappa shape index (κ1) is 79.8. The van der Waals surface area contributed by atoms with Gasteiger partial charge in [-0.2, -0.15) is 0 Å². The summed E-state index contributed by atoms with van der Waals surface area (Å²) in [6.07, 6.45) is 93.9. The monoisotopic (exact) mass is 1160 g/mol. The summed E-state index contributed by atoms with van der Waals surface area (Å²) in [4.78, 5) is 38.3. The van der Waals surface area contributed by atoms with E-state index in [1.165, 1.54) is 231 Å². The van der Waals surface area contributed by atoms with Crippen molar-refractivity contribution in [2.24, 2.45) is 0 Å². The molecule has 0 rings (SSSR count). The van der Waals surface area contributed by atoms with E-state index in [1.54, 1.807) is 0 Å². The van der Waals surface area contributed by atoms with E-state index in [0.717, 1.165) is 109 Å². The number of unbranched alkanes of at least 4 members (excludes halogenated alkanes) is 44. The van der Waals surface area contributed by atoms with Gasteiger partial charge in [0, 0.05) is 19.3 Å². The maximum Gasteiger partial charge on any atom is 0.306 e. The van der Waals surface area contributed by atoms with Crippen molar-refractivity contribution < 1.29 is 28.6 Å². The van der Waals surface area contributed by atoms with Crippen LogP contribution in [-0.4, -0.2) is 37.2 Å². The molecule has 1 atom stereocenters. The van der Waals surface area contributed by atoms with Crippen molar-refractivity contribution in [3.8, 4) is 0 Å². The fourth-order valence-electron chi connectivity index (χ4n) is 10.8. The van der Waals surface area contributed by atoms with Crippen LogP contribution < -0.4 is 0 Å². The predicted molar refractivity (Wildman–Crippen MR) is 362 cm³/mol. The zero-order valence-corrected chi connectivity index (χ0v) is 55.5. The highest BCUT2D eigenvalue weighted by Gasteiger charge is 2.19. The second kappa shape index (κ2) is 71.3. The summed E-state index contributed by atoms with van der Waals surface area (Å²) in [6, 6.07) is 0. The molecule has 0 bridgehead atoms. The Labute approximate surface area is 516 Å². The molecule has 83 heavy (non-hydrogen) atoms. The fraction of sp³-hybridized carbons (Fsp3) is 0.805. The molecule has 1 unspecified atom stereocenters. The zero-order valence-electron chi connectivity index (χ0n) is 55.5. The summed E-state index contributed by atoms with van der Waals surface area (Å²) in [6.45, 7) is 6.50. The minimum Gasteiger partial charge on any atom is -0.462 e. The molecule has 0 heterocycles. The molecule has 0 aromatic heterocycles. The lowest BCUT2D eigenvalue weighted by atomic mass is 10.0. The number of rotatable bonds is 67. The van der Waals surface area contributed by atoms with Crippen molar-refractivity contribution in [2.45, 2.75) is 386 Å². The van der Waals surface area contributed by atoms with E-state index in [1.807, 2.05) is 0 Å². The Kier molecular flexibility index (Phi) is 68.6. The first-order valence-electron chi connectivity index (χ1n) is 36.4. The van der Waals surface area contributed by atoms with Gasteiger partial charge in [0.2, 0.25) is 0 Å². The van der Waals surface area contributed by atoms with Crippen molar-refractivity contribution in [2.75, 3.05) is 13.2 Å². The van der Waals surface area contributed by atoms with Gasteiger partial charge >= 0.3 is 17.9 Å². The van der Waals surface area contributed by atoms with Gasteiger partial charge in [-0.3, -0.25) is 14.4 Å². The van der Waals surface area contributed by atoms with Gasteiger partial charge in [0.15, 0.2) is 6.10 Å². The maximum absolute atomic E-state index is 12.9. The van der Waals surface area contributed by atoms with Crippen LogP contribution in [-0.2, 0) is 28.6 Å². The van der Waals surface area contributed by atoms with Crippen molar-refractivity contribution in [3.05, 3.63) is 72.9 Å². The van der Waals surface area contributed by atoms with E-state index in [2.05, 4.69) is 93.7 Å². The van der Waals surface area contributed by atoms with Crippen LogP contribution in [0, 0.1) is 0 Å². The van der Waals surface area contributed by atoms with Crippen LogP contribution in [0.25, 0.3) is 0 Å². The molecular weight excluding hydrogens is 1020 g/mol. The molecule has 0 amide bonds. The summed E-state index contributed by atoms with van der Waals surface area (Å²) in [5.74, 6) is -0.883. The van der Waals surface area contributed by atoms with E-state index in [4.69, 9.17) is 14.2 Å². The van der Waals surface area contributed by atoms with E-state index in [0.29, 0.717) is 19.3 Å². The molecule has 0 saturated carbocycles. The highest BCUT2D eigenvalue weighted by molar-refractivity contribution is 5.71. The lowest BCUT2D eigenvalue weighted by Crippen LogP contribution is -2.30. The van der Waals surface area contributed by atoms with Gasteiger partial charge in [-0.1, -0.05) is 351 Å². The van der Waals surface area contributed by atoms with Crippen LogP contribution in [0.5, 0.6) is 0 Å². The Morgan fingerprint density at radius 2 is 0.494 bits per heavy atom. The topological polar surface area (TPSA) is 78.9 Å². The Hall–Kier alpha value is -3.15. The molecule has 0 aromatic carbocycles. The van der Waals surface area contributed by atoms with Gasteiger partial charge in [-0.05, 0) is 83.5 Å². The molecule has 0 radical (unpaired) electrons. The molecule has 0 N–H and O–H groups in total. The van der Waals surface area contributed by atoms with Crippen molar-refractivity contribution in [1.82, 2.24) is 0 Å². The SMILES string of the molecule is CC/C=C\C/C=C\C/C=C\C/C=C\C/C=C\CCCCCCCCCC(=O)OC(COC(=O)CCCCCCC/C=C\CCC)COC(=O)CCCCCCCCCCCCCCCCCCCCCCCCCCCCCCCCCC. The number of carbonyl (C=O) groups excluding carboxylic acids is 3. The third-order valence-electron chi connectivity index (χ3n) is 16.2. The van der Waals surface area contributed by atoms with E-state index in [9.17, 15) is 14.4 Å². The van der Waals surface area contributed by atoms with Crippen LogP contribution in [0.2, 0.25) is 0 Å². The Balaban J connectivity index is 4.11. The number of hydrogen-bond acceptors (Lipinski definition) is 6. The number of carbonyl (C=O) groups is 3. The van der Waals surface area contributed by atoms with Crippen molar-refractivity contribution >= 4 is 17.9 Å². The highest BCUT2D eigenvalue weighted by atomic mass is 16.6. The molecule has 0 saturated heterocycles. The molecule has 6 nitrogen and oxygen atoms in total. The lowest BCUT2D eigenvalue weighted by Gasteiger charge is -2.18.